The predicted molar refractivity (Wildman–Crippen MR) is 89.8 cm³/mol. The van der Waals surface area contributed by atoms with Crippen LogP contribution in [-0.4, -0.2) is 23.5 Å². The number of nitrogens with zero attached hydrogens (tertiary/aromatic N) is 3. The third-order valence-electron chi connectivity index (χ3n) is 3.68. The summed E-state index contributed by atoms with van der Waals surface area (Å²) in [6, 6.07) is 17.9. The van der Waals surface area contributed by atoms with Gasteiger partial charge in [0.15, 0.2) is 0 Å². The van der Waals surface area contributed by atoms with E-state index in [-0.39, 0.29) is 61.2 Å². The van der Waals surface area contributed by atoms with Crippen LogP contribution < -0.4 is 4.90 Å². The number of fused-ring (bicyclic) bond motifs is 6. The molecule has 0 unspecified atom stereocenters. The normalized spacial score (nSPS) is 10.0. The molecule has 3 nitrogen and oxygen atoms in total. The summed E-state index contributed by atoms with van der Waals surface area (Å²) in [4.78, 5) is 6.77. The molecular formula is C18H17N3PtY. The van der Waals surface area contributed by atoms with Gasteiger partial charge in [0, 0.05) is 58.5 Å². The number of pyridine rings is 1. The Morgan fingerprint density at radius 3 is 2.48 bits per heavy atom. The van der Waals surface area contributed by atoms with Gasteiger partial charge in [-0.3, -0.25) is 4.98 Å². The third kappa shape index (κ3) is 3.24. The molecule has 2 aromatic heterocycles. The molecule has 2 heterocycles. The van der Waals surface area contributed by atoms with Gasteiger partial charge >= 0.3 is 21.1 Å². The minimum atomic E-state index is 0. The Morgan fingerprint density at radius 1 is 1.04 bits per heavy atom. The van der Waals surface area contributed by atoms with E-state index >= 15 is 0 Å². The Hall–Kier alpha value is -0.758. The summed E-state index contributed by atoms with van der Waals surface area (Å²) in [5, 5.41) is 3.50. The molecule has 0 aliphatic heterocycles. The third-order valence-corrected chi connectivity index (χ3v) is 3.68. The van der Waals surface area contributed by atoms with Crippen LogP contribution in [0.2, 0.25) is 0 Å². The van der Waals surface area contributed by atoms with E-state index in [9.17, 15) is 0 Å². The van der Waals surface area contributed by atoms with Crippen molar-refractivity contribution in [3.63, 3.8) is 0 Å². The maximum Gasteiger partial charge on any atom is 2.00 e. The number of hydrogen-bond donors (Lipinski definition) is 0. The van der Waals surface area contributed by atoms with Gasteiger partial charge in [0.1, 0.15) is 5.82 Å². The van der Waals surface area contributed by atoms with E-state index in [1.54, 1.807) is 0 Å². The van der Waals surface area contributed by atoms with Gasteiger partial charge in [-0.05, 0) is 11.5 Å². The summed E-state index contributed by atoms with van der Waals surface area (Å²) in [6.07, 6.45) is 2.08. The van der Waals surface area contributed by atoms with Crippen LogP contribution in [0.3, 0.4) is 0 Å². The number of hydrogen-bond acceptors (Lipinski definition) is 2. The van der Waals surface area contributed by atoms with Crippen molar-refractivity contribution in [1.82, 2.24) is 9.38 Å². The van der Waals surface area contributed by atoms with Crippen LogP contribution in [0.4, 0.5) is 5.82 Å². The van der Waals surface area contributed by atoms with Crippen molar-refractivity contribution >= 4 is 33.1 Å². The average Bonchev–Trinajstić information content (AvgIpc) is 2.93. The Morgan fingerprint density at radius 2 is 1.74 bits per heavy atom. The fraction of sp³-hybridized carbons (Fsp3) is 0.111. The van der Waals surface area contributed by atoms with E-state index < -0.39 is 0 Å². The van der Waals surface area contributed by atoms with Crippen molar-refractivity contribution in [3.8, 4) is 0 Å². The summed E-state index contributed by atoms with van der Waals surface area (Å²) < 4.78 is 2.16. The molecule has 1 radical (unpaired) electrons. The summed E-state index contributed by atoms with van der Waals surface area (Å²) in [7, 11) is 4.02. The van der Waals surface area contributed by atoms with E-state index in [1.807, 2.05) is 31.1 Å². The van der Waals surface area contributed by atoms with E-state index in [0.717, 1.165) is 16.9 Å². The number of benzene rings is 2. The fourth-order valence-electron chi connectivity index (χ4n) is 2.70. The molecule has 0 N–H and O–H groups in total. The van der Waals surface area contributed by atoms with Gasteiger partial charge in [-0.2, -0.15) is 0 Å². The first kappa shape index (κ1) is 20.3. The van der Waals surface area contributed by atoms with E-state index in [2.05, 4.69) is 47.0 Å². The minimum absolute atomic E-state index is 0. The molecule has 0 spiro atoms. The molecule has 2 aromatic carbocycles. The van der Waals surface area contributed by atoms with Crippen molar-refractivity contribution in [2.24, 2.45) is 0 Å². The van der Waals surface area contributed by atoms with Gasteiger partial charge in [-0.1, -0.05) is 23.6 Å². The van der Waals surface area contributed by atoms with Crippen molar-refractivity contribution in [1.29, 1.82) is 0 Å². The molecule has 5 heteroatoms. The smallest absolute Gasteiger partial charge is 0.362 e. The Kier molecular flexibility index (Phi) is 6.95. The van der Waals surface area contributed by atoms with Crippen LogP contribution in [0.1, 0.15) is 0 Å². The molecule has 0 saturated heterocycles. The number of anilines is 1. The topological polar surface area (TPSA) is 20.5 Å². The summed E-state index contributed by atoms with van der Waals surface area (Å²) in [5.41, 5.74) is 2.14. The molecule has 0 amide bonds. The zero-order valence-corrected chi connectivity index (χ0v) is 18.5. The standard InChI is InChI=1S/C17H14N3.CH3.Pt.Y/c1-19(2)16-11-20-15-10-6-5-8-13(15)12-7-3-4-9-14(12)17(20)18-16;;;/h3-8,10-11H,1-2H3;1H3;;/q2*-1;+2;. The van der Waals surface area contributed by atoms with Crippen molar-refractivity contribution in [2.45, 2.75) is 0 Å². The predicted octanol–water partition coefficient (Wildman–Crippen LogP) is 3.95. The number of rotatable bonds is 1. The molecule has 117 valence electrons. The van der Waals surface area contributed by atoms with Gasteiger partial charge in [-0.25, -0.2) is 0 Å². The van der Waals surface area contributed by atoms with Crippen LogP contribution in [0.5, 0.6) is 0 Å². The second kappa shape index (κ2) is 7.88. The van der Waals surface area contributed by atoms with Crippen LogP contribution in [0.25, 0.3) is 27.3 Å². The Labute approximate surface area is 176 Å². The molecular weight excluding hydrogens is 542 g/mol. The fourth-order valence-corrected chi connectivity index (χ4v) is 2.70. The van der Waals surface area contributed by atoms with E-state index in [0.29, 0.717) is 0 Å². The summed E-state index contributed by atoms with van der Waals surface area (Å²) in [6.45, 7) is 0. The maximum absolute atomic E-state index is 4.75. The summed E-state index contributed by atoms with van der Waals surface area (Å²) in [5.74, 6) is 0.958. The van der Waals surface area contributed by atoms with Gasteiger partial charge in [0.05, 0.1) is 5.65 Å². The summed E-state index contributed by atoms with van der Waals surface area (Å²) >= 11 is 0. The first-order valence-corrected chi connectivity index (χ1v) is 6.63. The largest absolute Gasteiger partial charge is 2.00 e. The molecule has 0 aliphatic carbocycles. The molecule has 0 fully saturated rings. The Balaban J connectivity index is 0.000000882. The molecule has 0 saturated carbocycles. The maximum atomic E-state index is 4.75. The molecule has 0 aliphatic rings. The molecule has 4 rings (SSSR count). The minimum Gasteiger partial charge on any atom is -0.362 e. The van der Waals surface area contributed by atoms with Crippen molar-refractivity contribution in [2.75, 3.05) is 19.0 Å². The monoisotopic (exact) mass is 559 g/mol. The Bertz CT molecular complexity index is 874. The van der Waals surface area contributed by atoms with E-state index in [4.69, 9.17) is 4.98 Å². The molecule has 23 heavy (non-hydrogen) atoms. The SMILES string of the molecule is CN(C)c1cn2c3ccccc3c3ccc[c-]c3c2n1.[CH3-].[Pt+2].[Y]. The van der Waals surface area contributed by atoms with Gasteiger partial charge < -0.3 is 16.7 Å². The van der Waals surface area contributed by atoms with Gasteiger partial charge in [0.25, 0.3) is 0 Å². The van der Waals surface area contributed by atoms with Crippen molar-refractivity contribution < 1.29 is 53.8 Å². The van der Waals surface area contributed by atoms with Crippen LogP contribution >= 0.6 is 0 Å². The van der Waals surface area contributed by atoms with Crippen LogP contribution in [0, 0.1) is 13.5 Å². The molecule has 0 bridgehead atoms. The number of aromatic nitrogens is 2. The molecule has 0 atom stereocenters. The van der Waals surface area contributed by atoms with Gasteiger partial charge in [0.2, 0.25) is 0 Å². The molecule has 4 aromatic rings. The zero-order valence-electron chi connectivity index (χ0n) is 13.4. The van der Waals surface area contributed by atoms with E-state index in [1.165, 1.54) is 16.3 Å². The van der Waals surface area contributed by atoms with Gasteiger partial charge in [-0.15, -0.1) is 29.7 Å². The quantitative estimate of drug-likeness (QED) is 0.260. The van der Waals surface area contributed by atoms with Crippen LogP contribution in [0.15, 0.2) is 48.7 Å². The van der Waals surface area contributed by atoms with Crippen molar-refractivity contribution in [3.05, 3.63) is 62.2 Å². The zero-order chi connectivity index (χ0) is 13.7. The average molecular weight is 559 g/mol. The second-order valence-electron chi connectivity index (χ2n) is 5.16. The van der Waals surface area contributed by atoms with Crippen LogP contribution in [-0.2, 0) is 53.8 Å². The second-order valence-corrected chi connectivity index (χ2v) is 5.16. The number of para-hydroxylation sites is 1. The first-order valence-electron chi connectivity index (χ1n) is 6.63. The first-order chi connectivity index (χ1) is 9.75. The number of imidazole rings is 1.